The molecule has 5 nitrogen and oxygen atoms in total. The monoisotopic (exact) mass is 339 g/mol. The summed E-state index contributed by atoms with van der Waals surface area (Å²) in [5.74, 6) is 1.07. The van der Waals surface area contributed by atoms with Crippen LogP contribution >= 0.6 is 0 Å². The standard InChI is InChI=1S/C18H17N3O2S/c22-24(23,15-9-5-2-6-10-15)18(11-12-18)17-19-16(20-21-17)13-14-7-3-1-4-8-14/h1-10H,11-13H2,(H,19,20,21). The second kappa shape index (κ2) is 5.56. The molecule has 1 aromatic heterocycles. The van der Waals surface area contributed by atoms with Crippen molar-refractivity contribution in [3.05, 3.63) is 77.9 Å². The minimum atomic E-state index is -3.48. The Morgan fingerprint density at radius 1 is 0.958 bits per heavy atom. The highest BCUT2D eigenvalue weighted by Crippen LogP contribution is 2.53. The molecule has 3 aromatic rings. The fourth-order valence-corrected chi connectivity index (χ4v) is 4.86. The third-order valence-corrected chi connectivity index (χ3v) is 6.94. The molecule has 0 radical (unpaired) electrons. The van der Waals surface area contributed by atoms with Gasteiger partial charge in [-0.05, 0) is 30.5 Å². The van der Waals surface area contributed by atoms with E-state index in [0.29, 0.717) is 35.8 Å². The van der Waals surface area contributed by atoms with Crippen LogP contribution < -0.4 is 0 Å². The first-order valence-electron chi connectivity index (χ1n) is 7.87. The summed E-state index contributed by atoms with van der Waals surface area (Å²) in [6.45, 7) is 0. The average Bonchev–Trinajstić information content (AvgIpc) is 3.32. The van der Waals surface area contributed by atoms with Crippen LogP contribution in [0.15, 0.2) is 65.6 Å². The highest BCUT2D eigenvalue weighted by molar-refractivity contribution is 7.92. The number of benzene rings is 2. The van der Waals surface area contributed by atoms with E-state index in [0.717, 1.165) is 5.56 Å². The molecular formula is C18H17N3O2S. The Morgan fingerprint density at radius 2 is 1.58 bits per heavy atom. The summed E-state index contributed by atoms with van der Waals surface area (Å²) in [7, 11) is -3.48. The molecule has 1 saturated carbocycles. The van der Waals surface area contributed by atoms with E-state index in [4.69, 9.17) is 0 Å². The van der Waals surface area contributed by atoms with Gasteiger partial charge >= 0.3 is 0 Å². The van der Waals surface area contributed by atoms with Gasteiger partial charge in [-0.2, -0.15) is 5.10 Å². The molecule has 0 spiro atoms. The van der Waals surface area contributed by atoms with Crippen LogP contribution in [0.4, 0.5) is 0 Å². The molecule has 122 valence electrons. The summed E-state index contributed by atoms with van der Waals surface area (Å²) < 4.78 is 25.0. The molecule has 2 aromatic carbocycles. The zero-order valence-electron chi connectivity index (χ0n) is 13.0. The van der Waals surface area contributed by atoms with E-state index in [9.17, 15) is 8.42 Å². The molecule has 0 atom stereocenters. The largest absolute Gasteiger partial charge is 0.263 e. The average molecular weight is 339 g/mol. The molecule has 0 amide bonds. The summed E-state index contributed by atoms with van der Waals surface area (Å²) in [6, 6.07) is 18.5. The van der Waals surface area contributed by atoms with Gasteiger partial charge < -0.3 is 0 Å². The van der Waals surface area contributed by atoms with E-state index in [1.807, 2.05) is 36.4 Å². The number of sulfone groups is 1. The van der Waals surface area contributed by atoms with Gasteiger partial charge in [0.05, 0.1) is 4.90 Å². The summed E-state index contributed by atoms with van der Waals surface area (Å²) in [6.07, 6.45) is 1.73. The molecule has 1 aliphatic rings. The lowest BCUT2D eigenvalue weighted by Crippen LogP contribution is -2.22. The van der Waals surface area contributed by atoms with Gasteiger partial charge in [0.2, 0.25) is 0 Å². The first-order valence-corrected chi connectivity index (χ1v) is 9.35. The van der Waals surface area contributed by atoms with Gasteiger partial charge in [0, 0.05) is 6.42 Å². The number of aromatic nitrogens is 3. The van der Waals surface area contributed by atoms with Gasteiger partial charge in [-0.15, -0.1) is 0 Å². The van der Waals surface area contributed by atoms with Crippen LogP contribution in [-0.4, -0.2) is 23.6 Å². The van der Waals surface area contributed by atoms with Crippen molar-refractivity contribution in [1.82, 2.24) is 15.2 Å². The van der Waals surface area contributed by atoms with Crippen molar-refractivity contribution in [1.29, 1.82) is 0 Å². The normalized spacial score (nSPS) is 16.0. The molecule has 0 unspecified atom stereocenters. The fraction of sp³-hybridized carbons (Fsp3) is 0.222. The summed E-state index contributed by atoms with van der Waals surface area (Å²) >= 11 is 0. The van der Waals surface area contributed by atoms with Crippen molar-refractivity contribution in [3.8, 4) is 0 Å². The minimum Gasteiger partial charge on any atom is -0.263 e. The molecule has 1 N–H and O–H groups in total. The van der Waals surface area contributed by atoms with Crippen LogP contribution in [0, 0.1) is 0 Å². The molecular weight excluding hydrogens is 322 g/mol. The van der Waals surface area contributed by atoms with E-state index < -0.39 is 14.6 Å². The Balaban J connectivity index is 1.65. The fourth-order valence-electron chi connectivity index (χ4n) is 2.92. The minimum absolute atomic E-state index is 0.330. The Kier molecular flexibility index (Phi) is 3.49. The molecule has 1 heterocycles. The third-order valence-electron chi connectivity index (χ3n) is 4.43. The maximum absolute atomic E-state index is 13.0. The van der Waals surface area contributed by atoms with E-state index in [-0.39, 0.29) is 0 Å². The zero-order valence-corrected chi connectivity index (χ0v) is 13.8. The van der Waals surface area contributed by atoms with E-state index in [2.05, 4.69) is 15.2 Å². The third kappa shape index (κ3) is 2.43. The molecule has 0 bridgehead atoms. The van der Waals surface area contributed by atoms with Gasteiger partial charge in [-0.25, -0.2) is 13.4 Å². The Bertz CT molecular complexity index is 946. The number of hydrogen-bond donors (Lipinski definition) is 1. The highest BCUT2D eigenvalue weighted by Gasteiger charge is 2.59. The maximum Gasteiger partial charge on any atom is 0.191 e. The number of aromatic amines is 1. The van der Waals surface area contributed by atoms with Gasteiger partial charge in [0.25, 0.3) is 0 Å². The number of rotatable bonds is 5. The van der Waals surface area contributed by atoms with E-state index in [1.165, 1.54) is 0 Å². The lowest BCUT2D eigenvalue weighted by molar-refractivity contribution is 0.575. The van der Waals surface area contributed by atoms with Crippen molar-refractivity contribution in [3.63, 3.8) is 0 Å². The highest BCUT2D eigenvalue weighted by atomic mass is 32.2. The Morgan fingerprint density at radius 3 is 2.21 bits per heavy atom. The maximum atomic E-state index is 13.0. The van der Waals surface area contributed by atoms with Crippen LogP contribution in [0.2, 0.25) is 0 Å². The smallest absolute Gasteiger partial charge is 0.191 e. The first kappa shape index (κ1) is 15.1. The number of H-pyrrole nitrogens is 1. The van der Waals surface area contributed by atoms with Gasteiger partial charge in [0.1, 0.15) is 10.6 Å². The topological polar surface area (TPSA) is 75.7 Å². The Hall–Kier alpha value is -2.47. The summed E-state index contributed by atoms with van der Waals surface area (Å²) in [5, 5.41) is 7.12. The number of nitrogens with zero attached hydrogens (tertiary/aromatic N) is 2. The second-order valence-corrected chi connectivity index (χ2v) is 8.34. The second-order valence-electron chi connectivity index (χ2n) is 6.08. The first-order chi connectivity index (χ1) is 11.6. The van der Waals surface area contributed by atoms with Crippen molar-refractivity contribution in [2.24, 2.45) is 0 Å². The van der Waals surface area contributed by atoms with Crippen LogP contribution in [0.1, 0.15) is 30.1 Å². The van der Waals surface area contributed by atoms with Crippen LogP contribution in [-0.2, 0) is 21.0 Å². The lowest BCUT2D eigenvalue weighted by atomic mass is 10.1. The summed E-state index contributed by atoms with van der Waals surface area (Å²) in [4.78, 5) is 4.82. The van der Waals surface area contributed by atoms with Crippen molar-refractivity contribution < 1.29 is 8.42 Å². The SMILES string of the molecule is O=S(=O)(c1ccccc1)C1(c2n[nH]c(Cc3ccccc3)n2)CC1. The Labute approximate surface area is 140 Å². The number of hydrogen-bond acceptors (Lipinski definition) is 4. The van der Waals surface area contributed by atoms with Gasteiger partial charge in [0.15, 0.2) is 15.7 Å². The predicted molar refractivity (Wildman–Crippen MR) is 90.2 cm³/mol. The number of nitrogens with one attached hydrogen (secondary N) is 1. The van der Waals surface area contributed by atoms with Crippen LogP contribution in [0.5, 0.6) is 0 Å². The lowest BCUT2D eigenvalue weighted by Gasteiger charge is -2.12. The summed E-state index contributed by atoms with van der Waals surface area (Å²) in [5.41, 5.74) is 1.11. The van der Waals surface area contributed by atoms with Crippen LogP contribution in [0.25, 0.3) is 0 Å². The zero-order chi connectivity index (χ0) is 16.6. The van der Waals surface area contributed by atoms with Gasteiger partial charge in [-0.1, -0.05) is 48.5 Å². The molecule has 0 aliphatic heterocycles. The van der Waals surface area contributed by atoms with Crippen molar-refractivity contribution in [2.75, 3.05) is 0 Å². The molecule has 0 saturated heterocycles. The van der Waals surface area contributed by atoms with Crippen molar-refractivity contribution in [2.45, 2.75) is 28.9 Å². The van der Waals surface area contributed by atoms with Crippen molar-refractivity contribution >= 4 is 9.84 Å². The molecule has 24 heavy (non-hydrogen) atoms. The van der Waals surface area contributed by atoms with E-state index in [1.54, 1.807) is 24.3 Å². The molecule has 1 aliphatic carbocycles. The molecule has 6 heteroatoms. The van der Waals surface area contributed by atoms with Gasteiger partial charge in [-0.3, -0.25) is 5.10 Å². The van der Waals surface area contributed by atoms with Crippen LogP contribution in [0.3, 0.4) is 0 Å². The molecule has 4 rings (SSSR count). The molecule has 1 fully saturated rings. The quantitative estimate of drug-likeness (QED) is 0.775. The predicted octanol–water partition coefficient (Wildman–Crippen LogP) is 2.86. The van der Waals surface area contributed by atoms with E-state index >= 15 is 0 Å².